The van der Waals surface area contributed by atoms with Gasteiger partial charge < -0.3 is 60.0 Å². The maximum atomic E-state index is 11.9. The number of carboxylic acid groups (broad SMARTS) is 4. The summed E-state index contributed by atoms with van der Waals surface area (Å²) in [5, 5.41) is 92.1. The topological polar surface area (TPSA) is 241 Å². The molecule has 5 rings (SSSR count). The van der Waals surface area contributed by atoms with Crippen LogP contribution in [0.25, 0.3) is 0 Å². The molecule has 0 saturated heterocycles. The van der Waals surface area contributed by atoms with E-state index in [0.29, 0.717) is 0 Å². The Kier molecular flexibility index (Phi) is 16.3. The average Bonchev–Trinajstić information content (AvgIpc) is 2.95. The Labute approximate surface area is 361 Å². The summed E-state index contributed by atoms with van der Waals surface area (Å²) < 4.78 is 0. The van der Waals surface area contributed by atoms with Crippen LogP contribution in [0.3, 0.4) is 0 Å². The van der Waals surface area contributed by atoms with Gasteiger partial charge in [0.2, 0.25) is 0 Å². The Bertz CT molecular complexity index is 1570. The fourth-order valence-electron chi connectivity index (χ4n) is 5.41. The van der Waals surface area contributed by atoms with Gasteiger partial charge in [-0.05, 0) is 115 Å². The Balaban J connectivity index is 0.00000288. The molecule has 0 radical (unpaired) electrons. The van der Waals surface area contributed by atoms with Gasteiger partial charge in [-0.1, -0.05) is 0 Å². The molecule has 1 aliphatic carbocycles. The van der Waals surface area contributed by atoms with Crippen LogP contribution in [0.5, 0.6) is 23.0 Å². The van der Waals surface area contributed by atoms with Crippen molar-refractivity contribution in [3.8, 4) is 23.0 Å². The van der Waals surface area contributed by atoms with E-state index in [1.165, 1.54) is 0 Å². The van der Waals surface area contributed by atoms with Crippen molar-refractivity contribution in [3.63, 3.8) is 0 Å². The number of benzene rings is 4. The van der Waals surface area contributed by atoms with Gasteiger partial charge in [-0.25, -0.2) is 0 Å². The van der Waals surface area contributed by atoms with Crippen LogP contribution in [-0.2, 0) is 25.7 Å². The molecule has 4 aromatic rings. The molecular weight excluding hydrogens is 668 g/mol. The first kappa shape index (κ1) is 44.0. The second kappa shape index (κ2) is 17.8. The summed E-state index contributed by atoms with van der Waals surface area (Å²) in [6.07, 6.45) is -1.70. The van der Waals surface area contributed by atoms with Crippen molar-refractivity contribution in [2.45, 2.75) is 25.7 Å². The number of carboxylic acids is 4. The fraction of sp³-hybridized carbons (Fsp3) is 0.125. The Morgan fingerprint density at radius 2 is 0.479 bits per heavy atom. The first-order valence-electron chi connectivity index (χ1n) is 13.0. The molecule has 48 heavy (non-hydrogen) atoms. The minimum absolute atomic E-state index is 0. The second-order valence-electron chi connectivity index (χ2n) is 10.4. The summed E-state index contributed by atoms with van der Waals surface area (Å²) in [6.45, 7) is 0. The van der Waals surface area contributed by atoms with Crippen molar-refractivity contribution in [2.24, 2.45) is 0 Å². The molecule has 4 aromatic carbocycles. The van der Waals surface area contributed by atoms with Gasteiger partial charge in [0.25, 0.3) is 0 Å². The molecule has 0 saturated carbocycles. The summed E-state index contributed by atoms with van der Waals surface area (Å²) in [5.41, 5.74) is -2.37. The molecule has 224 valence electrons. The number of aromatic carboxylic acids is 4. The third-order valence-electron chi connectivity index (χ3n) is 7.54. The van der Waals surface area contributed by atoms with Crippen LogP contribution in [0.1, 0.15) is 85.9 Å². The third-order valence-corrected chi connectivity index (χ3v) is 7.54. The zero-order valence-electron chi connectivity index (χ0n) is 26.5. The number of carbonyl (C=O) groups is 4. The molecule has 0 aliphatic heterocycles. The van der Waals surface area contributed by atoms with E-state index in [-0.39, 0.29) is 163 Å². The van der Waals surface area contributed by atoms with Crippen molar-refractivity contribution in [2.75, 3.05) is 0 Å². The summed E-state index contributed by atoms with van der Waals surface area (Å²) in [5.74, 6) is -8.48. The van der Waals surface area contributed by atoms with Crippen molar-refractivity contribution >= 4 is 23.9 Å². The van der Waals surface area contributed by atoms with Crippen LogP contribution in [0, 0.1) is 0 Å². The number of hydrogen-bond acceptors (Lipinski definition) is 12. The average molecular weight is 688 g/mol. The number of fused-ring (bicyclic) bond motifs is 8. The molecule has 16 heteroatoms. The zero-order chi connectivity index (χ0) is 32.0. The fourth-order valence-corrected chi connectivity index (χ4v) is 5.41. The Morgan fingerprint density at radius 3 is 0.583 bits per heavy atom. The van der Waals surface area contributed by atoms with Gasteiger partial charge in [0.15, 0.2) is 0 Å². The predicted molar refractivity (Wildman–Crippen MR) is 141 cm³/mol. The molecule has 0 amide bonds. The normalized spacial score (nSPS) is 11.3. The van der Waals surface area contributed by atoms with Gasteiger partial charge >= 0.3 is 118 Å². The quantitative estimate of drug-likeness (QED) is 0.129. The van der Waals surface area contributed by atoms with Gasteiger partial charge in [0.1, 0.15) is 23.0 Å². The van der Waals surface area contributed by atoms with Gasteiger partial charge in [0.05, 0.1) is 23.9 Å². The third kappa shape index (κ3) is 9.19. The number of carbonyl (C=O) groups excluding carboxylic acids is 4. The summed E-state index contributed by atoms with van der Waals surface area (Å²) in [7, 11) is 0. The van der Waals surface area contributed by atoms with E-state index in [0.717, 1.165) is 48.5 Å². The van der Waals surface area contributed by atoms with E-state index in [1.807, 2.05) is 0 Å². The van der Waals surface area contributed by atoms with E-state index in [2.05, 4.69) is 0 Å². The van der Waals surface area contributed by atoms with Gasteiger partial charge in [-0.3, -0.25) is 0 Å². The first-order valence-corrected chi connectivity index (χ1v) is 13.0. The molecule has 0 heterocycles. The molecule has 0 unspecified atom stereocenters. The van der Waals surface area contributed by atoms with Crippen LogP contribution in [0.4, 0.5) is 0 Å². The first-order chi connectivity index (χ1) is 20.7. The number of phenols is 4. The van der Waals surface area contributed by atoms with E-state index < -0.39 is 94.8 Å². The smallest absolute Gasteiger partial charge is 0.545 e. The Hall–Kier alpha value is -2.04. The molecule has 0 atom stereocenters. The molecule has 1 aliphatic rings. The predicted octanol–water partition coefficient (Wildman–Crippen LogP) is -13.3. The van der Waals surface area contributed by atoms with Crippen molar-refractivity contribution < 1.29 is 178 Å². The Morgan fingerprint density at radius 1 is 0.354 bits per heavy atom. The van der Waals surface area contributed by atoms with Crippen molar-refractivity contribution in [3.05, 3.63) is 115 Å². The molecule has 4 N–H and O–H groups in total. The monoisotopic (exact) mass is 688 g/mol. The molecule has 0 fully saturated rings. The zero-order valence-corrected chi connectivity index (χ0v) is 34.5. The molecule has 0 aromatic heterocycles. The summed E-state index contributed by atoms with van der Waals surface area (Å²) >= 11 is 0. The van der Waals surface area contributed by atoms with Gasteiger partial charge in [-0.2, -0.15) is 0 Å². The second-order valence-corrected chi connectivity index (χ2v) is 10.4. The van der Waals surface area contributed by atoms with E-state index in [1.54, 1.807) is 0 Å². The molecule has 8 bridgehead atoms. The largest absolute Gasteiger partial charge is 1.00 e. The number of phenolic OH excluding ortho intramolecular Hbond substituents is 4. The molecular formula is C32H20Na4O12. The number of rotatable bonds is 4. The minimum atomic E-state index is -1.64. The maximum absolute atomic E-state index is 11.9. The SMILES string of the molecule is O=C([O-])c1cc2c(O)c(c1)Cc1cc(C(=O)[O-])cc(c1O)Cc1cc(C(=O)[O-])cc(c1O)Cc1cc(C(=O)[O-])cc(c1O)C2.[Na+].[Na+].[Na+].[Na+]. The van der Waals surface area contributed by atoms with E-state index >= 15 is 0 Å². The molecule has 0 spiro atoms. The summed E-state index contributed by atoms with van der Waals surface area (Å²) in [6, 6.07) is 8.38. The van der Waals surface area contributed by atoms with Crippen LogP contribution in [-0.4, -0.2) is 44.3 Å². The number of aromatic hydroxyl groups is 4. The summed E-state index contributed by atoms with van der Waals surface area (Å²) in [4.78, 5) is 47.4. The minimum Gasteiger partial charge on any atom is -0.545 e. The van der Waals surface area contributed by atoms with Gasteiger partial charge in [-0.15, -0.1) is 0 Å². The van der Waals surface area contributed by atoms with Crippen LogP contribution >= 0.6 is 0 Å². The number of hydrogen-bond donors (Lipinski definition) is 4. The van der Waals surface area contributed by atoms with Crippen LogP contribution in [0.2, 0.25) is 0 Å². The van der Waals surface area contributed by atoms with Gasteiger partial charge in [0, 0.05) is 25.7 Å². The standard InChI is InChI=1S/C32H24O12.4Na/c33-25-13-1-14-6-22(30(39)40)8-16(26(14)34)3-18-10-24(32(43)44)12-20(28(18)36)4-19-11-23(31(41)42)9-17(27(19)35)2-15(25)7-21(5-13)29(37)38;;;;/h5-12,33-36H,1-4H2,(H,37,38)(H,39,40)(H,41,42)(H,43,44);;;;/q;4*+1/p-4. The van der Waals surface area contributed by atoms with Crippen LogP contribution < -0.4 is 139 Å². The van der Waals surface area contributed by atoms with E-state index in [9.17, 15) is 60.0 Å². The van der Waals surface area contributed by atoms with Crippen molar-refractivity contribution in [1.82, 2.24) is 0 Å². The van der Waals surface area contributed by atoms with Crippen LogP contribution in [0.15, 0.2) is 48.5 Å². The molecule has 12 nitrogen and oxygen atoms in total. The maximum Gasteiger partial charge on any atom is 1.00 e. The van der Waals surface area contributed by atoms with E-state index in [4.69, 9.17) is 0 Å². The van der Waals surface area contributed by atoms with Crippen molar-refractivity contribution in [1.29, 1.82) is 0 Å².